The third-order valence-corrected chi connectivity index (χ3v) is 5.54. The van der Waals surface area contributed by atoms with E-state index in [1.807, 2.05) is 6.07 Å². The van der Waals surface area contributed by atoms with Crippen LogP contribution in [0.15, 0.2) is 22.8 Å². The molecule has 2 heterocycles. The number of nitrogens with zero attached hydrogens (tertiary/aromatic N) is 2. The lowest BCUT2D eigenvalue weighted by Crippen LogP contribution is -2.51. The average molecular weight is 260 g/mol. The summed E-state index contributed by atoms with van der Waals surface area (Å²) in [7, 11) is 0. The van der Waals surface area contributed by atoms with Crippen LogP contribution in [-0.2, 0) is 6.54 Å². The molecule has 1 saturated heterocycles. The van der Waals surface area contributed by atoms with Gasteiger partial charge in [-0.1, -0.05) is 6.42 Å². The van der Waals surface area contributed by atoms with E-state index in [-0.39, 0.29) is 0 Å². The van der Waals surface area contributed by atoms with Gasteiger partial charge >= 0.3 is 0 Å². The minimum absolute atomic E-state index is 0.921. The monoisotopic (exact) mass is 260 g/mol. The Morgan fingerprint density at radius 3 is 2.63 bits per heavy atom. The molecular weight excluding hydrogens is 236 g/mol. The standard InChI is InChI=1S/C16H24N2O/c1-2-15(19-9-1)12-17-5-7-18(8-6-17)16-11-13-3-4-14(16)10-13/h1-2,9,13-14,16H,3-8,10-12H2/t13-,14-,16-/m1/s1. The van der Waals surface area contributed by atoms with Gasteiger partial charge in [0.1, 0.15) is 5.76 Å². The second-order valence-corrected chi connectivity index (χ2v) is 6.63. The van der Waals surface area contributed by atoms with Gasteiger partial charge in [-0.05, 0) is 43.2 Å². The van der Waals surface area contributed by atoms with Gasteiger partial charge in [-0.3, -0.25) is 9.80 Å². The Bertz CT molecular complexity index is 408. The van der Waals surface area contributed by atoms with Crippen LogP contribution in [0.3, 0.4) is 0 Å². The molecule has 2 bridgehead atoms. The van der Waals surface area contributed by atoms with Gasteiger partial charge in [-0.15, -0.1) is 0 Å². The Balaban J connectivity index is 1.30. The molecule has 0 spiro atoms. The third kappa shape index (κ3) is 2.34. The molecule has 3 heteroatoms. The fraction of sp³-hybridized carbons (Fsp3) is 0.750. The van der Waals surface area contributed by atoms with Crippen molar-refractivity contribution in [3.05, 3.63) is 24.2 Å². The zero-order chi connectivity index (χ0) is 12.7. The van der Waals surface area contributed by atoms with E-state index >= 15 is 0 Å². The van der Waals surface area contributed by atoms with E-state index in [2.05, 4.69) is 15.9 Å². The number of hydrogen-bond donors (Lipinski definition) is 0. The van der Waals surface area contributed by atoms with Crippen LogP contribution in [-0.4, -0.2) is 42.0 Å². The maximum Gasteiger partial charge on any atom is 0.117 e. The lowest BCUT2D eigenvalue weighted by Gasteiger charge is -2.40. The summed E-state index contributed by atoms with van der Waals surface area (Å²) in [6.07, 6.45) is 7.81. The van der Waals surface area contributed by atoms with Crippen LogP contribution >= 0.6 is 0 Å². The highest BCUT2D eigenvalue weighted by molar-refractivity contribution is 4.99. The van der Waals surface area contributed by atoms with Gasteiger partial charge in [0.05, 0.1) is 12.8 Å². The van der Waals surface area contributed by atoms with Crippen molar-refractivity contribution in [3.63, 3.8) is 0 Å². The molecular formula is C16H24N2O. The number of rotatable bonds is 3. The van der Waals surface area contributed by atoms with Crippen LogP contribution in [0.25, 0.3) is 0 Å². The molecule has 3 fully saturated rings. The molecule has 1 aliphatic heterocycles. The number of fused-ring (bicyclic) bond motifs is 2. The van der Waals surface area contributed by atoms with Crippen molar-refractivity contribution < 1.29 is 4.42 Å². The van der Waals surface area contributed by atoms with Crippen LogP contribution in [0, 0.1) is 11.8 Å². The number of hydrogen-bond acceptors (Lipinski definition) is 3. The zero-order valence-electron chi connectivity index (χ0n) is 11.6. The smallest absolute Gasteiger partial charge is 0.117 e. The van der Waals surface area contributed by atoms with Crippen LogP contribution in [0.1, 0.15) is 31.4 Å². The Labute approximate surface area is 115 Å². The zero-order valence-corrected chi connectivity index (χ0v) is 11.6. The van der Waals surface area contributed by atoms with Crippen molar-refractivity contribution in [1.82, 2.24) is 9.80 Å². The van der Waals surface area contributed by atoms with Crippen molar-refractivity contribution in [2.75, 3.05) is 26.2 Å². The largest absolute Gasteiger partial charge is 0.468 e. The Hall–Kier alpha value is -0.800. The molecule has 1 aromatic rings. The summed E-state index contributed by atoms with van der Waals surface area (Å²) in [4.78, 5) is 5.31. The van der Waals surface area contributed by atoms with E-state index < -0.39 is 0 Å². The Morgan fingerprint density at radius 1 is 1.11 bits per heavy atom. The van der Waals surface area contributed by atoms with Crippen molar-refractivity contribution in [2.45, 2.75) is 38.3 Å². The summed E-state index contributed by atoms with van der Waals surface area (Å²) in [6.45, 7) is 5.91. The molecule has 1 aromatic heterocycles. The lowest BCUT2D eigenvalue weighted by molar-refractivity contribution is 0.0650. The second-order valence-electron chi connectivity index (χ2n) is 6.63. The maximum atomic E-state index is 5.45. The van der Waals surface area contributed by atoms with Crippen molar-refractivity contribution >= 4 is 0 Å². The first-order chi connectivity index (χ1) is 9.38. The molecule has 2 saturated carbocycles. The van der Waals surface area contributed by atoms with Crippen molar-refractivity contribution in [2.24, 2.45) is 11.8 Å². The molecule has 0 radical (unpaired) electrons. The molecule has 3 atom stereocenters. The van der Waals surface area contributed by atoms with E-state index in [9.17, 15) is 0 Å². The van der Waals surface area contributed by atoms with Gasteiger partial charge in [0.2, 0.25) is 0 Å². The Morgan fingerprint density at radius 2 is 2.00 bits per heavy atom. The maximum absolute atomic E-state index is 5.45. The van der Waals surface area contributed by atoms with Crippen LogP contribution < -0.4 is 0 Å². The number of piperazine rings is 1. The number of furan rings is 1. The summed E-state index contributed by atoms with van der Waals surface area (Å²) >= 11 is 0. The predicted molar refractivity (Wildman–Crippen MR) is 74.8 cm³/mol. The van der Waals surface area contributed by atoms with E-state index in [1.54, 1.807) is 6.26 Å². The molecule has 3 nitrogen and oxygen atoms in total. The van der Waals surface area contributed by atoms with E-state index in [0.29, 0.717) is 0 Å². The van der Waals surface area contributed by atoms with Gasteiger partial charge in [0.25, 0.3) is 0 Å². The molecule has 0 aromatic carbocycles. The van der Waals surface area contributed by atoms with E-state index in [4.69, 9.17) is 4.42 Å². The molecule has 0 unspecified atom stereocenters. The predicted octanol–water partition coefficient (Wildman–Crippen LogP) is 2.59. The minimum atomic E-state index is 0.921. The summed E-state index contributed by atoms with van der Waals surface area (Å²) in [6, 6.07) is 4.99. The first kappa shape index (κ1) is 12.0. The SMILES string of the molecule is c1coc(CN2CCN([C@@H]3C[C@@H]4CC[C@@H]3C4)CC2)c1. The Kier molecular flexibility index (Phi) is 3.12. The van der Waals surface area contributed by atoms with Gasteiger partial charge in [-0.2, -0.15) is 0 Å². The van der Waals surface area contributed by atoms with Gasteiger partial charge in [0.15, 0.2) is 0 Å². The molecule has 0 amide bonds. The fourth-order valence-corrected chi connectivity index (χ4v) is 4.53. The molecule has 4 rings (SSSR count). The quantitative estimate of drug-likeness (QED) is 0.833. The molecule has 104 valence electrons. The first-order valence-electron chi connectivity index (χ1n) is 7.87. The van der Waals surface area contributed by atoms with Crippen LogP contribution in [0.2, 0.25) is 0 Å². The molecule has 3 aliphatic rings. The third-order valence-electron chi connectivity index (χ3n) is 5.54. The van der Waals surface area contributed by atoms with Crippen LogP contribution in [0.5, 0.6) is 0 Å². The molecule has 19 heavy (non-hydrogen) atoms. The second kappa shape index (κ2) is 4.95. The van der Waals surface area contributed by atoms with E-state index in [0.717, 1.165) is 30.2 Å². The van der Waals surface area contributed by atoms with Crippen molar-refractivity contribution in [3.8, 4) is 0 Å². The topological polar surface area (TPSA) is 19.6 Å². The van der Waals surface area contributed by atoms with Crippen LogP contribution in [0.4, 0.5) is 0 Å². The highest BCUT2D eigenvalue weighted by Crippen LogP contribution is 2.46. The normalized spacial score (nSPS) is 36.1. The summed E-state index contributed by atoms with van der Waals surface area (Å²) in [5, 5.41) is 0. The molecule has 0 N–H and O–H groups in total. The lowest BCUT2D eigenvalue weighted by atomic mass is 9.93. The molecule has 2 aliphatic carbocycles. The van der Waals surface area contributed by atoms with Crippen molar-refractivity contribution in [1.29, 1.82) is 0 Å². The van der Waals surface area contributed by atoms with Gasteiger partial charge < -0.3 is 4.42 Å². The average Bonchev–Trinajstić information content (AvgIpc) is 3.16. The van der Waals surface area contributed by atoms with E-state index in [1.165, 1.54) is 51.9 Å². The van der Waals surface area contributed by atoms with Gasteiger partial charge in [-0.25, -0.2) is 0 Å². The highest BCUT2D eigenvalue weighted by atomic mass is 16.3. The first-order valence-corrected chi connectivity index (χ1v) is 7.87. The summed E-state index contributed by atoms with van der Waals surface area (Å²) in [5.74, 6) is 3.20. The van der Waals surface area contributed by atoms with Gasteiger partial charge in [0, 0.05) is 32.2 Å². The minimum Gasteiger partial charge on any atom is -0.468 e. The highest BCUT2D eigenvalue weighted by Gasteiger charge is 2.42. The summed E-state index contributed by atoms with van der Waals surface area (Å²) in [5.41, 5.74) is 0. The summed E-state index contributed by atoms with van der Waals surface area (Å²) < 4.78 is 5.45. The fourth-order valence-electron chi connectivity index (χ4n) is 4.53.